The molecule has 2 rings (SSSR count). The van der Waals surface area contributed by atoms with Crippen molar-refractivity contribution in [1.29, 1.82) is 0 Å². The molecule has 0 unspecified atom stereocenters. The zero-order chi connectivity index (χ0) is 13.7. The monoisotopic (exact) mass is 258 g/mol. The minimum atomic E-state index is 0.867. The molecule has 0 amide bonds. The summed E-state index contributed by atoms with van der Waals surface area (Å²) >= 11 is 0. The molecule has 1 heterocycles. The Balaban J connectivity index is 2.14. The summed E-state index contributed by atoms with van der Waals surface area (Å²) in [6.45, 7) is 6.89. The summed E-state index contributed by atoms with van der Waals surface area (Å²) in [5.41, 5.74) is 3.83. The lowest BCUT2D eigenvalue weighted by atomic mass is 10.1. The second kappa shape index (κ2) is 6.43. The van der Waals surface area contributed by atoms with Crippen LogP contribution in [0.25, 0.3) is 0 Å². The lowest BCUT2D eigenvalue weighted by Gasteiger charge is -2.22. The Hall–Kier alpha value is -1.74. The van der Waals surface area contributed by atoms with Gasteiger partial charge in [0.2, 0.25) is 0 Å². The standard InChI is InChI=1S/C16H22N2O/c1-4-17-11-14-7-5-6-8-16(14)18(3)12-15-9-10-19-13(15)2/h5-10,17H,4,11-12H2,1-3H3. The van der Waals surface area contributed by atoms with Crippen LogP contribution in [0, 0.1) is 6.92 Å². The lowest BCUT2D eigenvalue weighted by Crippen LogP contribution is -2.20. The van der Waals surface area contributed by atoms with Gasteiger partial charge in [-0.2, -0.15) is 0 Å². The van der Waals surface area contributed by atoms with Gasteiger partial charge in [0.25, 0.3) is 0 Å². The average Bonchev–Trinajstić information content (AvgIpc) is 2.82. The van der Waals surface area contributed by atoms with Gasteiger partial charge in [-0.25, -0.2) is 0 Å². The van der Waals surface area contributed by atoms with Crippen molar-refractivity contribution in [2.75, 3.05) is 18.5 Å². The summed E-state index contributed by atoms with van der Waals surface area (Å²) in [5, 5.41) is 3.38. The van der Waals surface area contributed by atoms with E-state index < -0.39 is 0 Å². The number of furan rings is 1. The van der Waals surface area contributed by atoms with Crippen LogP contribution in [0.15, 0.2) is 41.0 Å². The van der Waals surface area contributed by atoms with Crippen molar-refractivity contribution in [3.63, 3.8) is 0 Å². The molecule has 0 fully saturated rings. The molecule has 1 aromatic heterocycles. The molecule has 2 aromatic rings. The van der Waals surface area contributed by atoms with Gasteiger partial charge in [-0.15, -0.1) is 0 Å². The fourth-order valence-corrected chi connectivity index (χ4v) is 2.21. The van der Waals surface area contributed by atoms with E-state index in [0.29, 0.717) is 0 Å². The fourth-order valence-electron chi connectivity index (χ4n) is 2.21. The van der Waals surface area contributed by atoms with Crippen LogP contribution < -0.4 is 10.2 Å². The zero-order valence-electron chi connectivity index (χ0n) is 11.9. The highest BCUT2D eigenvalue weighted by Crippen LogP contribution is 2.22. The van der Waals surface area contributed by atoms with Crippen molar-refractivity contribution in [3.8, 4) is 0 Å². The van der Waals surface area contributed by atoms with Crippen molar-refractivity contribution < 1.29 is 4.42 Å². The van der Waals surface area contributed by atoms with Crippen molar-refractivity contribution in [2.24, 2.45) is 0 Å². The quantitative estimate of drug-likeness (QED) is 0.861. The number of nitrogens with one attached hydrogen (secondary N) is 1. The van der Waals surface area contributed by atoms with E-state index in [2.05, 4.69) is 48.5 Å². The molecule has 19 heavy (non-hydrogen) atoms. The predicted molar refractivity (Wildman–Crippen MR) is 79.4 cm³/mol. The molecule has 1 N–H and O–H groups in total. The second-order valence-corrected chi connectivity index (χ2v) is 4.77. The molecule has 0 bridgehead atoms. The summed E-state index contributed by atoms with van der Waals surface area (Å²) in [6.07, 6.45) is 1.75. The molecule has 0 atom stereocenters. The van der Waals surface area contributed by atoms with E-state index >= 15 is 0 Å². The number of hydrogen-bond donors (Lipinski definition) is 1. The first-order valence-corrected chi connectivity index (χ1v) is 6.75. The average molecular weight is 258 g/mol. The van der Waals surface area contributed by atoms with Crippen molar-refractivity contribution in [3.05, 3.63) is 53.5 Å². The number of hydrogen-bond acceptors (Lipinski definition) is 3. The second-order valence-electron chi connectivity index (χ2n) is 4.77. The molecule has 0 aliphatic heterocycles. The highest BCUT2D eigenvalue weighted by Gasteiger charge is 2.09. The molecule has 0 saturated heterocycles. The van der Waals surface area contributed by atoms with E-state index in [0.717, 1.165) is 25.4 Å². The predicted octanol–water partition coefficient (Wildman–Crippen LogP) is 3.33. The maximum absolute atomic E-state index is 5.36. The molecule has 0 aliphatic carbocycles. The molecule has 0 aliphatic rings. The third kappa shape index (κ3) is 3.38. The minimum Gasteiger partial charge on any atom is -0.469 e. The number of aryl methyl sites for hydroxylation is 1. The molecule has 1 aromatic carbocycles. The maximum Gasteiger partial charge on any atom is 0.105 e. The van der Waals surface area contributed by atoms with Gasteiger partial charge in [-0.3, -0.25) is 0 Å². The molecule has 3 heteroatoms. The number of para-hydroxylation sites is 1. The van der Waals surface area contributed by atoms with Crippen LogP contribution in [-0.2, 0) is 13.1 Å². The highest BCUT2D eigenvalue weighted by atomic mass is 16.3. The summed E-state index contributed by atoms with van der Waals surface area (Å²) in [4.78, 5) is 2.27. The SMILES string of the molecule is CCNCc1ccccc1N(C)Cc1ccoc1C. The third-order valence-corrected chi connectivity index (χ3v) is 3.34. The molecule has 3 nitrogen and oxygen atoms in total. The van der Waals surface area contributed by atoms with Crippen LogP contribution in [0.2, 0.25) is 0 Å². The van der Waals surface area contributed by atoms with Crippen LogP contribution in [0.1, 0.15) is 23.8 Å². The first kappa shape index (κ1) is 13.7. The van der Waals surface area contributed by atoms with Gasteiger partial charge < -0.3 is 14.6 Å². The Kier molecular flexibility index (Phi) is 4.63. The maximum atomic E-state index is 5.36. The van der Waals surface area contributed by atoms with Crippen LogP contribution in [0.5, 0.6) is 0 Å². The number of benzene rings is 1. The van der Waals surface area contributed by atoms with Gasteiger partial charge in [-0.05, 0) is 31.2 Å². The van der Waals surface area contributed by atoms with Gasteiger partial charge in [-0.1, -0.05) is 25.1 Å². The summed E-state index contributed by atoms with van der Waals surface area (Å²) in [6, 6.07) is 10.6. The van der Waals surface area contributed by atoms with E-state index in [4.69, 9.17) is 4.42 Å². The van der Waals surface area contributed by atoms with Crippen LogP contribution in [0.4, 0.5) is 5.69 Å². The summed E-state index contributed by atoms with van der Waals surface area (Å²) in [7, 11) is 2.12. The zero-order valence-corrected chi connectivity index (χ0v) is 11.9. The van der Waals surface area contributed by atoms with Crippen molar-refractivity contribution >= 4 is 5.69 Å². The molecular weight excluding hydrogens is 236 g/mol. The molecule has 0 saturated carbocycles. The van der Waals surface area contributed by atoms with Gasteiger partial charge in [0.05, 0.1) is 6.26 Å². The smallest absolute Gasteiger partial charge is 0.105 e. The van der Waals surface area contributed by atoms with E-state index in [1.165, 1.54) is 16.8 Å². The van der Waals surface area contributed by atoms with E-state index in [9.17, 15) is 0 Å². The minimum absolute atomic E-state index is 0.867. The highest BCUT2D eigenvalue weighted by molar-refractivity contribution is 5.53. The molecule has 102 valence electrons. The van der Waals surface area contributed by atoms with E-state index in [1.54, 1.807) is 6.26 Å². The summed E-state index contributed by atoms with van der Waals surface area (Å²) in [5.74, 6) is 0.996. The topological polar surface area (TPSA) is 28.4 Å². The van der Waals surface area contributed by atoms with Gasteiger partial charge in [0, 0.05) is 31.4 Å². The Labute approximate surface area is 115 Å². The molecule has 0 radical (unpaired) electrons. The van der Waals surface area contributed by atoms with Crippen LogP contribution in [0.3, 0.4) is 0 Å². The van der Waals surface area contributed by atoms with E-state index in [-0.39, 0.29) is 0 Å². The molecule has 0 spiro atoms. The Morgan fingerprint density at radius 1 is 1.16 bits per heavy atom. The largest absolute Gasteiger partial charge is 0.469 e. The van der Waals surface area contributed by atoms with Gasteiger partial charge in [0.1, 0.15) is 5.76 Å². The van der Waals surface area contributed by atoms with E-state index in [1.807, 2.05) is 13.0 Å². The first-order chi connectivity index (χ1) is 9.22. The number of nitrogens with zero attached hydrogens (tertiary/aromatic N) is 1. The number of anilines is 1. The van der Waals surface area contributed by atoms with Crippen molar-refractivity contribution in [1.82, 2.24) is 5.32 Å². The third-order valence-electron chi connectivity index (χ3n) is 3.34. The Morgan fingerprint density at radius 2 is 1.95 bits per heavy atom. The van der Waals surface area contributed by atoms with Crippen LogP contribution in [-0.4, -0.2) is 13.6 Å². The normalized spacial score (nSPS) is 10.7. The number of rotatable bonds is 6. The van der Waals surface area contributed by atoms with Crippen molar-refractivity contribution in [2.45, 2.75) is 26.9 Å². The lowest BCUT2D eigenvalue weighted by molar-refractivity contribution is 0.529. The summed E-state index contributed by atoms with van der Waals surface area (Å²) < 4.78 is 5.36. The first-order valence-electron chi connectivity index (χ1n) is 6.75. The van der Waals surface area contributed by atoms with Crippen LogP contribution >= 0.6 is 0 Å². The Morgan fingerprint density at radius 3 is 2.63 bits per heavy atom. The van der Waals surface area contributed by atoms with Gasteiger partial charge >= 0.3 is 0 Å². The van der Waals surface area contributed by atoms with Gasteiger partial charge in [0.15, 0.2) is 0 Å². The fraction of sp³-hybridized carbons (Fsp3) is 0.375. The molecular formula is C16H22N2O. The Bertz CT molecular complexity index is 519.